The molecule has 1 aromatic carbocycles. The molecule has 4 nitrogen and oxygen atoms in total. The molecule has 1 heterocycles. The highest BCUT2D eigenvalue weighted by molar-refractivity contribution is 5.62. The molecule has 2 rings (SSSR count). The van der Waals surface area contributed by atoms with Gasteiger partial charge in [0.25, 0.3) is 0 Å². The molecule has 0 aliphatic rings. The lowest BCUT2D eigenvalue weighted by Gasteiger charge is -2.23. The molecule has 22 heavy (non-hydrogen) atoms. The number of para-hydroxylation sites is 1. The van der Waals surface area contributed by atoms with Gasteiger partial charge in [-0.1, -0.05) is 39.0 Å². The van der Waals surface area contributed by atoms with E-state index in [1.54, 1.807) is 6.20 Å². The monoisotopic (exact) mass is 298 g/mol. The first-order valence-corrected chi connectivity index (χ1v) is 7.63. The van der Waals surface area contributed by atoms with Crippen LogP contribution in [0.15, 0.2) is 36.5 Å². The highest BCUT2D eigenvalue weighted by Crippen LogP contribution is 2.30. The van der Waals surface area contributed by atoms with E-state index in [1.165, 1.54) is 5.56 Å². The Morgan fingerprint density at radius 3 is 2.23 bits per heavy atom. The van der Waals surface area contributed by atoms with Crippen molar-refractivity contribution in [1.82, 2.24) is 9.97 Å². The third kappa shape index (κ3) is 4.45. The number of nitrogens with one attached hydrogen (secondary N) is 2. The van der Waals surface area contributed by atoms with Gasteiger partial charge in [-0.2, -0.15) is 4.98 Å². The third-order valence-corrected chi connectivity index (χ3v) is 3.14. The molecule has 4 heteroatoms. The maximum absolute atomic E-state index is 4.54. The number of anilines is 3. The molecule has 0 fully saturated rings. The predicted octanol–water partition coefficient (Wildman–Crippen LogP) is 4.73. The average molecular weight is 298 g/mol. The second kappa shape index (κ2) is 5.95. The molecule has 2 aromatic rings. The molecule has 0 radical (unpaired) electrons. The van der Waals surface area contributed by atoms with Crippen LogP contribution in [0.4, 0.5) is 17.5 Å². The standard InChI is InChI=1S/C18H26N4/c1-17(2,3)13-9-7-8-10-14(13)20-15-11-12-19-16(21-15)22-18(4,5)6/h7-12H,1-6H3,(H2,19,20,21,22). The van der Waals surface area contributed by atoms with Gasteiger partial charge in [-0.05, 0) is 43.9 Å². The van der Waals surface area contributed by atoms with Crippen LogP contribution in [-0.4, -0.2) is 15.5 Å². The predicted molar refractivity (Wildman–Crippen MR) is 93.8 cm³/mol. The van der Waals surface area contributed by atoms with Crippen LogP contribution in [0, 0.1) is 0 Å². The fourth-order valence-corrected chi connectivity index (χ4v) is 2.21. The van der Waals surface area contributed by atoms with Crippen molar-refractivity contribution in [3.05, 3.63) is 42.1 Å². The summed E-state index contributed by atoms with van der Waals surface area (Å²) in [6.07, 6.45) is 1.77. The van der Waals surface area contributed by atoms with E-state index in [0.29, 0.717) is 5.95 Å². The van der Waals surface area contributed by atoms with Crippen LogP contribution >= 0.6 is 0 Å². The van der Waals surface area contributed by atoms with Gasteiger partial charge in [-0.3, -0.25) is 0 Å². The Hall–Kier alpha value is -2.10. The van der Waals surface area contributed by atoms with Crippen LogP contribution in [0.1, 0.15) is 47.1 Å². The molecule has 0 aliphatic carbocycles. The molecule has 1 aromatic heterocycles. The molecule has 0 saturated carbocycles. The number of aromatic nitrogens is 2. The Balaban J connectivity index is 2.27. The fourth-order valence-electron chi connectivity index (χ4n) is 2.21. The van der Waals surface area contributed by atoms with Gasteiger partial charge in [0.05, 0.1) is 0 Å². The van der Waals surface area contributed by atoms with Gasteiger partial charge >= 0.3 is 0 Å². The molecule has 0 atom stereocenters. The summed E-state index contributed by atoms with van der Waals surface area (Å²) in [6.45, 7) is 12.9. The summed E-state index contributed by atoms with van der Waals surface area (Å²) in [5, 5.41) is 6.70. The molecule has 0 bridgehead atoms. The fraction of sp³-hybridized carbons (Fsp3) is 0.444. The minimum Gasteiger partial charge on any atom is -0.350 e. The quantitative estimate of drug-likeness (QED) is 0.860. The van der Waals surface area contributed by atoms with Crippen molar-refractivity contribution in [1.29, 1.82) is 0 Å². The van der Waals surface area contributed by atoms with Gasteiger partial charge in [0, 0.05) is 17.4 Å². The second-order valence-corrected chi connectivity index (χ2v) is 7.56. The minimum atomic E-state index is -0.0675. The molecule has 0 spiro atoms. The zero-order valence-corrected chi connectivity index (χ0v) is 14.4. The normalized spacial score (nSPS) is 12.1. The zero-order chi connectivity index (χ0) is 16.4. The first kappa shape index (κ1) is 16.3. The molecular weight excluding hydrogens is 272 g/mol. The Morgan fingerprint density at radius 1 is 0.909 bits per heavy atom. The first-order chi connectivity index (χ1) is 10.1. The van der Waals surface area contributed by atoms with E-state index in [-0.39, 0.29) is 11.0 Å². The van der Waals surface area contributed by atoms with Gasteiger partial charge in [-0.25, -0.2) is 4.98 Å². The third-order valence-electron chi connectivity index (χ3n) is 3.14. The van der Waals surface area contributed by atoms with Crippen molar-refractivity contribution in [2.45, 2.75) is 52.5 Å². The Morgan fingerprint density at radius 2 is 1.59 bits per heavy atom. The molecule has 0 unspecified atom stereocenters. The SMILES string of the molecule is CC(C)(C)Nc1nccc(Nc2ccccc2C(C)(C)C)n1. The van der Waals surface area contributed by atoms with Crippen molar-refractivity contribution >= 4 is 17.5 Å². The number of nitrogens with zero attached hydrogens (tertiary/aromatic N) is 2. The zero-order valence-electron chi connectivity index (χ0n) is 14.4. The van der Waals surface area contributed by atoms with Gasteiger partial charge in [-0.15, -0.1) is 0 Å². The highest BCUT2D eigenvalue weighted by atomic mass is 15.2. The van der Waals surface area contributed by atoms with E-state index in [9.17, 15) is 0 Å². The lowest BCUT2D eigenvalue weighted by Crippen LogP contribution is -2.27. The summed E-state index contributed by atoms with van der Waals surface area (Å²) in [5.74, 6) is 1.42. The summed E-state index contributed by atoms with van der Waals surface area (Å²) in [7, 11) is 0. The average Bonchev–Trinajstić information content (AvgIpc) is 2.36. The van der Waals surface area contributed by atoms with E-state index in [1.807, 2.05) is 12.1 Å². The van der Waals surface area contributed by atoms with Crippen molar-refractivity contribution in [2.75, 3.05) is 10.6 Å². The van der Waals surface area contributed by atoms with Crippen LogP contribution in [0.25, 0.3) is 0 Å². The van der Waals surface area contributed by atoms with Crippen molar-refractivity contribution < 1.29 is 0 Å². The van der Waals surface area contributed by atoms with Crippen LogP contribution < -0.4 is 10.6 Å². The molecule has 2 N–H and O–H groups in total. The minimum absolute atomic E-state index is 0.0675. The Labute approximate surface area is 133 Å². The summed E-state index contributed by atoms with van der Waals surface area (Å²) < 4.78 is 0. The van der Waals surface area contributed by atoms with Crippen LogP contribution in [0.3, 0.4) is 0 Å². The molecule has 0 amide bonds. The van der Waals surface area contributed by atoms with E-state index < -0.39 is 0 Å². The second-order valence-electron chi connectivity index (χ2n) is 7.56. The number of benzene rings is 1. The lowest BCUT2D eigenvalue weighted by atomic mass is 9.86. The van der Waals surface area contributed by atoms with E-state index in [2.05, 4.69) is 80.3 Å². The largest absolute Gasteiger partial charge is 0.350 e. The smallest absolute Gasteiger partial charge is 0.225 e. The molecule has 0 aliphatic heterocycles. The van der Waals surface area contributed by atoms with Crippen molar-refractivity contribution in [2.24, 2.45) is 0 Å². The highest BCUT2D eigenvalue weighted by Gasteiger charge is 2.18. The van der Waals surface area contributed by atoms with Gasteiger partial charge < -0.3 is 10.6 Å². The number of hydrogen-bond donors (Lipinski definition) is 2. The summed E-state index contributed by atoms with van der Waals surface area (Å²) in [4.78, 5) is 8.82. The first-order valence-electron chi connectivity index (χ1n) is 7.63. The Bertz CT molecular complexity index is 636. The number of hydrogen-bond acceptors (Lipinski definition) is 4. The molecule has 0 saturated heterocycles. The summed E-state index contributed by atoms with van der Waals surface area (Å²) in [6, 6.07) is 10.2. The van der Waals surface area contributed by atoms with Gasteiger partial charge in [0.15, 0.2) is 0 Å². The van der Waals surface area contributed by atoms with Crippen LogP contribution in [0.5, 0.6) is 0 Å². The van der Waals surface area contributed by atoms with Crippen molar-refractivity contribution in [3.8, 4) is 0 Å². The van der Waals surface area contributed by atoms with Crippen LogP contribution in [-0.2, 0) is 5.41 Å². The maximum atomic E-state index is 4.54. The van der Waals surface area contributed by atoms with Crippen molar-refractivity contribution in [3.63, 3.8) is 0 Å². The molecular formula is C18H26N4. The summed E-state index contributed by atoms with van der Waals surface area (Å²) in [5.41, 5.74) is 2.35. The summed E-state index contributed by atoms with van der Waals surface area (Å²) >= 11 is 0. The Kier molecular flexibility index (Phi) is 4.40. The maximum Gasteiger partial charge on any atom is 0.225 e. The van der Waals surface area contributed by atoms with E-state index >= 15 is 0 Å². The molecule has 118 valence electrons. The topological polar surface area (TPSA) is 49.8 Å². The van der Waals surface area contributed by atoms with Crippen LogP contribution in [0.2, 0.25) is 0 Å². The lowest BCUT2D eigenvalue weighted by molar-refractivity contribution is 0.592. The van der Waals surface area contributed by atoms with Gasteiger partial charge in [0.2, 0.25) is 5.95 Å². The van der Waals surface area contributed by atoms with E-state index in [4.69, 9.17) is 0 Å². The van der Waals surface area contributed by atoms with Gasteiger partial charge in [0.1, 0.15) is 5.82 Å². The number of rotatable bonds is 3. The van der Waals surface area contributed by atoms with E-state index in [0.717, 1.165) is 11.5 Å².